The van der Waals surface area contributed by atoms with Gasteiger partial charge < -0.3 is 19.7 Å². The van der Waals surface area contributed by atoms with Gasteiger partial charge in [0, 0.05) is 42.0 Å². The van der Waals surface area contributed by atoms with Gasteiger partial charge in [-0.2, -0.15) is 0 Å². The van der Waals surface area contributed by atoms with E-state index in [-0.39, 0.29) is 17.4 Å². The van der Waals surface area contributed by atoms with Gasteiger partial charge in [0.25, 0.3) is 0 Å². The van der Waals surface area contributed by atoms with Gasteiger partial charge in [-0.05, 0) is 81.4 Å². The van der Waals surface area contributed by atoms with Crippen LogP contribution < -0.4 is 14.8 Å². The van der Waals surface area contributed by atoms with Gasteiger partial charge >= 0.3 is 0 Å². The van der Waals surface area contributed by atoms with Crippen LogP contribution in [0.5, 0.6) is 11.5 Å². The first kappa shape index (κ1) is 29.4. The molecule has 4 rings (SSSR count). The van der Waals surface area contributed by atoms with Crippen LogP contribution in [-0.2, 0) is 0 Å². The molecule has 3 atom stereocenters. The third-order valence-corrected chi connectivity index (χ3v) is 7.98. The first-order chi connectivity index (χ1) is 19.4. The van der Waals surface area contributed by atoms with Crippen LogP contribution in [0.1, 0.15) is 50.6 Å². The standard InChI is InChI=1S/C33H39FN2O4/c1-22-27(14-9-15-30(22)34)31-28(32(37)23-10-7-12-25(18-23)39-3)20-36(17-6-5-16-35-2)21-29(31)33(38)24-11-8-13-26(19-24)40-4/h7-15,18-19,28-29,31,35H,5-6,16-17,20-21H2,1-4H3/t28-,29+,31?. The van der Waals surface area contributed by atoms with E-state index < -0.39 is 17.8 Å². The number of piperidine rings is 1. The smallest absolute Gasteiger partial charge is 0.167 e. The Morgan fingerprint density at radius 2 is 1.43 bits per heavy atom. The number of Topliss-reactive ketones (excluding diaryl/α,β-unsaturated/α-hetero) is 2. The number of halogens is 1. The van der Waals surface area contributed by atoms with E-state index in [4.69, 9.17) is 9.47 Å². The van der Waals surface area contributed by atoms with Crippen LogP contribution >= 0.6 is 0 Å². The zero-order valence-corrected chi connectivity index (χ0v) is 23.8. The molecule has 40 heavy (non-hydrogen) atoms. The summed E-state index contributed by atoms with van der Waals surface area (Å²) in [5.74, 6) is -0.905. The van der Waals surface area contributed by atoms with Crippen molar-refractivity contribution in [1.82, 2.24) is 10.2 Å². The molecule has 1 aliphatic rings. The third kappa shape index (κ3) is 6.60. The Bertz CT molecular complexity index is 1260. The Hall–Kier alpha value is -3.55. The third-order valence-electron chi connectivity index (χ3n) is 7.98. The lowest BCUT2D eigenvalue weighted by Gasteiger charge is -2.43. The number of ether oxygens (including phenoxy) is 2. The van der Waals surface area contributed by atoms with Gasteiger partial charge in [0.15, 0.2) is 11.6 Å². The molecule has 212 valence electrons. The highest BCUT2D eigenvalue weighted by atomic mass is 19.1. The van der Waals surface area contributed by atoms with Crippen molar-refractivity contribution < 1.29 is 23.5 Å². The lowest BCUT2D eigenvalue weighted by Crippen LogP contribution is -2.50. The maximum absolute atomic E-state index is 14.9. The zero-order valence-electron chi connectivity index (χ0n) is 23.8. The van der Waals surface area contributed by atoms with E-state index in [0.717, 1.165) is 25.9 Å². The summed E-state index contributed by atoms with van der Waals surface area (Å²) in [6.07, 6.45) is 1.92. The molecule has 3 aromatic rings. The lowest BCUT2D eigenvalue weighted by molar-refractivity contribution is 0.0568. The van der Waals surface area contributed by atoms with Crippen LogP contribution in [0.2, 0.25) is 0 Å². The van der Waals surface area contributed by atoms with Crippen LogP contribution in [0.4, 0.5) is 4.39 Å². The highest BCUT2D eigenvalue weighted by Crippen LogP contribution is 2.42. The van der Waals surface area contributed by atoms with Crippen LogP contribution in [0.25, 0.3) is 0 Å². The minimum Gasteiger partial charge on any atom is -0.497 e. The number of methoxy groups -OCH3 is 2. The molecule has 1 unspecified atom stereocenters. The molecule has 7 heteroatoms. The van der Waals surface area contributed by atoms with E-state index in [9.17, 15) is 14.0 Å². The summed E-state index contributed by atoms with van der Waals surface area (Å²) < 4.78 is 25.7. The molecule has 0 aromatic heterocycles. The number of unbranched alkanes of at least 4 members (excludes halogenated alkanes) is 1. The number of carbonyl (C=O) groups excluding carboxylic acids is 2. The zero-order chi connectivity index (χ0) is 28.6. The number of rotatable bonds is 12. The molecule has 1 saturated heterocycles. The number of hydrogen-bond acceptors (Lipinski definition) is 6. The van der Waals surface area contributed by atoms with E-state index in [1.165, 1.54) is 6.07 Å². The first-order valence-corrected chi connectivity index (χ1v) is 13.9. The molecule has 0 radical (unpaired) electrons. The fourth-order valence-corrected chi connectivity index (χ4v) is 5.85. The molecule has 0 bridgehead atoms. The van der Waals surface area contributed by atoms with Gasteiger partial charge in [-0.15, -0.1) is 0 Å². The number of carbonyl (C=O) groups is 2. The van der Waals surface area contributed by atoms with E-state index >= 15 is 0 Å². The highest BCUT2D eigenvalue weighted by molar-refractivity contribution is 6.02. The van der Waals surface area contributed by atoms with Crippen molar-refractivity contribution in [2.24, 2.45) is 11.8 Å². The maximum Gasteiger partial charge on any atom is 0.167 e. The van der Waals surface area contributed by atoms with Crippen molar-refractivity contribution in [2.45, 2.75) is 25.7 Å². The SMILES string of the molecule is CNCCCCN1C[C@H](C(=O)c2cccc(OC)c2)C(c2cccc(F)c2C)[C@H](C(=O)c2cccc(OC)c2)C1. The molecule has 1 N–H and O–H groups in total. The van der Waals surface area contributed by atoms with Crippen LogP contribution in [0, 0.1) is 24.6 Å². The van der Waals surface area contributed by atoms with Gasteiger partial charge in [0.05, 0.1) is 14.2 Å². The monoisotopic (exact) mass is 546 g/mol. The van der Waals surface area contributed by atoms with Crippen LogP contribution in [0.15, 0.2) is 66.7 Å². The van der Waals surface area contributed by atoms with Crippen molar-refractivity contribution in [2.75, 3.05) is 47.4 Å². The molecule has 1 aliphatic heterocycles. The van der Waals surface area contributed by atoms with Crippen molar-refractivity contribution >= 4 is 11.6 Å². The van der Waals surface area contributed by atoms with Crippen LogP contribution in [-0.4, -0.2) is 63.9 Å². The van der Waals surface area contributed by atoms with Crippen molar-refractivity contribution in [3.63, 3.8) is 0 Å². The Labute approximate surface area is 236 Å². The number of ketones is 2. The fourth-order valence-electron chi connectivity index (χ4n) is 5.85. The highest BCUT2D eigenvalue weighted by Gasteiger charge is 2.45. The van der Waals surface area contributed by atoms with Gasteiger partial charge in [0.2, 0.25) is 0 Å². The Kier molecular flexibility index (Phi) is 10.1. The summed E-state index contributed by atoms with van der Waals surface area (Å²) >= 11 is 0. The number of hydrogen-bond donors (Lipinski definition) is 1. The predicted molar refractivity (Wildman–Crippen MR) is 155 cm³/mol. The number of nitrogens with zero attached hydrogens (tertiary/aromatic N) is 1. The van der Waals surface area contributed by atoms with Crippen molar-refractivity contribution in [3.8, 4) is 11.5 Å². The van der Waals surface area contributed by atoms with E-state index in [2.05, 4.69) is 10.2 Å². The lowest BCUT2D eigenvalue weighted by atomic mass is 9.67. The molecule has 0 spiro atoms. The minimum atomic E-state index is -0.551. The molecule has 3 aromatic carbocycles. The summed E-state index contributed by atoms with van der Waals surface area (Å²) in [5, 5.41) is 3.18. The number of likely N-dealkylation sites (tertiary alicyclic amines) is 1. The van der Waals surface area contributed by atoms with Crippen molar-refractivity contribution in [3.05, 3.63) is 94.8 Å². The largest absolute Gasteiger partial charge is 0.497 e. The van der Waals surface area contributed by atoms with Crippen LogP contribution in [0.3, 0.4) is 0 Å². The summed E-state index contributed by atoms with van der Waals surface area (Å²) in [4.78, 5) is 30.7. The summed E-state index contributed by atoms with van der Waals surface area (Å²) in [7, 11) is 5.07. The quantitative estimate of drug-likeness (QED) is 0.237. The predicted octanol–water partition coefficient (Wildman–Crippen LogP) is 5.55. The molecular weight excluding hydrogens is 507 g/mol. The normalized spacial score (nSPS) is 19.3. The number of benzene rings is 3. The Morgan fingerprint density at radius 3 is 1.95 bits per heavy atom. The van der Waals surface area contributed by atoms with E-state index in [0.29, 0.717) is 46.8 Å². The summed E-state index contributed by atoms with van der Waals surface area (Å²) in [6, 6.07) is 19.2. The van der Waals surface area contributed by atoms with E-state index in [1.54, 1.807) is 75.7 Å². The number of nitrogens with one attached hydrogen (secondary N) is 1. The molecule has 1 fully saturated rings. The molecule has 6 nitrogen and oxygen atoms in total. The molecule has 1 heterocycles. The van der Waals surface area contributed by atoms with Gasteiger partial charge in [0.1, 0.15) is 17.3 Å². The molecule has 0 amide bonds. The Balaban J connectivity index is 1.81. The Morgan fingerprint density at radius 1 is 0.875 bits per heavy atom. The minimum absolute atomic E-state index is 0.0732. The van der Waals surface area contributed by atoms with Gasteiger partial charge in [-0.25, -0.2) is 4.39 Å². The van der Waals surface area contributed by atoms with Gasteiger partial charge in [-0.3, -0.25) is 9.59 Å². The second-order valence-corrected chi connectivity index (χ2v) is 10.5. The fraction of sp³-hybridized carbons (Fsp3) is 0.394. The average Bonchev–Trinajstić information content (AvgIpc) is 2.99. The van der Waals surface area contributed by atoms with Crippen molar-refractivity contribution in [1.29, 1.82) is 0 Å². The molecular formula is C33H39FN2O4. The topological polar surface area (TPSA) is 67.9 Å². The summed E-state index contributed by atoms with van der Waals surface area (Å²) in [5.41, 5.74) is 2.22. The first-order valence-electron chi connectivity index (χ1n) is 13.9. The maximum atomic E-state index is 14.9. The summed E-state index contributed by atoms with van der Waals surface area (Å²) in [6.45, 7) is 4.36. The molecule has 0 aliphatic carbocycles. The second-order valence-electron chi connectivity index (χ2n) is 10.5. The molecule has 0 saturated carbocycles. The average molecular weight is 547 g/mol. The second kappa shape index (κ2) is 13.7. The van der Waals surface area contributed by atoms with Gasteiger partial charge in [-0.1, -0.05) is 36.4 Å². The van der Waals surface area contributed by atoms with E-state index in [1.807, 2.05) is 13.1 Å².